The van der Waals surface area contributed by atoms with Crippen LogP contribution in [0.1, 0.15) is 10.6 Å². The Morgan fingerprint density at radius 3 is 2.28 bits per heavy atom. The second kappa shape index (κ2) is 4.48. The Morgan fingerprint density at radius 2 is 1.78 bits per heavy atom. The van der Waals surface area contributed by atoms with Crippen LogP contribution < -0.4 is 14.2 Å². The molecule has 0 radical (unpaired) electrons. The van der Waals surface area contributed by atoms with Gasteiger partial charge < -0.3 is 23.7 Å². The summed E-state index contributed by atoms with van der Waals surface area (Å²) in [5.41, 5.74) is 0.363. The molecule has 6 nitrogen and oxygen atoms in total. The smallest absolute Gasteiger partial charge is 0.371 e. The molecule has 0 bridgehead atoms. The zero-order chi connectivity index (χ0) is 13.3. The fourth-order valence-corrected chi connectivity index (χ4v) is 1.76. The SMILES string of the molecule is COc1cc2oc(C(=O)O)cc2c(OC)c1OC. The number of benzene rings is 1. The first-order valence-corrected chi connectivity index (χ1v) is 5.08. The van der Waals surface area contributed by atoms with Crippen LogP contribution >= 0.6 is 0 Å². The van der Waals surface area contributed by atoms with Crippen LogP contribution in [0, 0.1) is 0 Å². The molecule has 1 aromatic carbocycles. The number of methoxy groups -OCH3 is 3. The molecule has 0 fully saturated rings. The predicted octanol–water partition coefficient (Wildman–Crippen LogP) is 2.16. The quantitative estimate of drug-likeness (QED) is 0.898. The van der Waals surface area contributed by atoms with Crippen molar-refractivity contribution in [2.75, 3.05) is 21.3 Å². The molecule has 96 valence electrons. The molecule has 18 heavy (non-hydrogen) atoms. The van der Waals surface area contributed by atoms with Crippen molar-refractivity contribution in [1.82, 2.24) is 0 Å². The molecule has 0 aliphatic carbocycles. The summed E-state index contributed by atoms with van der Waals surface area (Å²) in [5, 5.41) is 9.43. The molecule has 2 aromatic rings. The molecule has 0 spiro atoms. The van der Waals surface area contributed by atoms with E-state index < -0.39 is 5.97 Å². The zero-order valence-electron chi connectivity index (χ0n) is 10.1. The highest BCUT2D eigenvalue weighted by Crippen LogP contribution is 2.44. The standard InChI is InChI=1S/C12H12O6/c1-15-8-5-7-6(4-9(18-7)12(13)14)10(16-2)11(8)17-3/h4-5H,1-3H3,(H,13,14). The maximum absolute atomic E-state index is 10.9. The topological polar surface area (TPSA) is 78.1 Å². The van der Waals surface area contributed by atoms with Crippen LogP contribution in [0.2, 0.25) is 0 Å². The van der Waals surface area contributed by atoms with E-state index in [-0.39, 0.29) is 5.76 Å². The summed E-state index contributed by atoms with van der Waals surface area (Å²) >= 11 is 0. The minimum atomic E-state index is -1.15. The third-order valence-corrected chi connectivity index (χ3v) is 2.54. The van der Waals surface area contributed by atoms with Gasteiger partial charge in [-0.1, -0.05) is 0 Å². The van der Waals surface area contributed by atoms with Gasteiger partial charge in [-0.3, -0.25) is 0 Å². The van der Waals surface area contributed by atoms with Gasteiger partial charge in [0.05, 0.1) is 26.7 Å². The highest BCUT2D eigenvalue weighted by molar-refractivity contribution is 5.96. The van der Waals surface area contributed by atoms with Crippen molar-refractivity contribution in [1.29, 1.82) is 0 Å². The minimum Gasteiger partial charge on any atom is -0.493 e. The van der Waals surface area contributed by atoms with E-state index in [9.17, 15) is 4.79 Å². The Hall–Kier alpha value is -2.37. The zero-order valence-corrected chi connectivity index (χ0v) is 10.1. The van der Waals surface area contributed by atoms with Crippen LogP contribution in [-0.2, 0) is 0 Å². The normalized spacial score (nSPS) is 10.4. The van der Waals surface area contributed by atoms with Crippen LogP contribution in [-0.4, -0.2) is 32.4 Å². The van der Waals surface area contributed by atoms with Gasteiger partial charge >= 0.3 is 5.97 Å². The summed E-state index contributed by atoms with van der Waals surface area (Å²) in [6.07, 6.45) is 0. The molecule has 1 N–H and O–H groups in total. The first-order valence-electron chi connectivity index (χ1n) is 5.08. The molecule has 0 aliphatic rings. The molecule has 2 rings (SSSR count). The molecule has 0 aliphatic heterocycles. The van der Waals surface area contributed by atoms with E-state index in [1.54, 1.807) is 6.07 Å². The minimum absolute atomic E-state index is 0.168. The van der Waals surface area contributed by atoms with Gasteiger partial charge in [0.25, 0.3) is 0 Å². The van der Waals surface area contributed by atoms with Crippen molar-refractivity contribution < 1.29 is 28.5 Å². The average molecular weight is 252 g/mol. The number of rotatable bonds is 4. The summed E-state index contributed by atoms with van der Waals surface area (Å²) in [6, 6.07) is 2.95. The van der Waals surface area contributed by atoms with Crippen LogP contribution in [0.3, 0.4) is 0 Å². The number of carboxylic acid groups (broad SMARTS) is 1. The molecular formula is C12H12O6. The molecule has 6 heteroatoms. The van der Waals surface area contributed by atoms with Gasteiger partial charge in [0.2, 0.25) is 11.5 Å². The van der Waals surface area contributed by atoms with E-state index >= 15 is 0 Å². The van der Waals surface area contributed by atoms with E-state index in [0.717, 1.165) is 0 Å². The molecule has 1 aromatic heterocycles. The number of carboxylic acids is 1. The molecule has 0 saturated carbocycles. The van der Waals surface area contributed by atoms with Gasteiger partial charge in [-0.2, -0.15) is 0 Å². The number of aromatic carboxylic acids is 1. The lowest BCUT2D eigenvalue weighted by Crippen LogP contribution is -1.94. The van der Waals surface area contributed by atoms with Crippen molar-refractivity contribution in [3.8, 4) is 17.2 Å². The first kappa shape index (κ1) is 12.1. The lowest BCUT2D eigenvalue weighted by atomic mass is 10.2. The van der Waals surface area contributed by atoms with E-state index in [0.29, 0.717) is 28.2 Å². The van der Waals surface area contributed by atoms with Crippen LogP contribution in [0.15, 0.2) is 16.5 Å². The second-order valence-corrected chi connectivity index (χ2v) is 3.47. The van der Waals surface area contributed by atoms with Gasteiger partial charge in [0.15, 0.2) is 11.5 Å². The predicted molar refractivity (Wildman–Crippen MR) is 62.8 cm³/mol. The van der Waals surface area contributed by atoms with E-state index in [2.05, 4.69) is 0 Å². The number of fused-ring (bicyclic) bond motifs is 1. The van der Waals surface area contributed by atoms with Crippen molar-refractivity contribution in [2.45, 2.75) is 0 Å². The Morgan fingerprint density at radius 1 is 1.11 bits per heavy atom. The molecule has 0 unspecified atom stereocenters. The fraction of sp³-hybridized carbons (Fsp3) is 0.250. The van der Waals surface area contributed by atoms with Crippen LogP contribution in [0.4, 0.5) is 0 Å². The third kappa shape index (κ3) is 1.71. The highest BCUT2D eigenvalue weighted by Gasteiger charge is 2.21. The van der Waals surface area contributed by atoms with Gasteiger partial charge in [-0.25, -0.2) is 4.79 Å². The Labute approximate surface area is 103 Å². The van der Waals surface area contributed by atoms with Crippen LogP contribution in [0.25, 0.3) is 11.0 Å². The van der Waals surface area contributed by atoms with E-state index in [1.807, 2.05) is 0 Å². The second-order valence-electron chi connectivity index (χ2n) is 3.47. The van der Waals surface area contributed by atoms with Gasteiger partial charge in [-0.05, 0) is 0 Å². The Bertz CT molecular complexity index is 598. The number of hydrogen-bond acceptors (Lipinski definition) is 5. The molecular weight excluding hydrogens is 240 g/mol. The number of furan rings is 1. The molecule has 0 amide bonds. The largest absolute Gasteiger partial charge is 0.493 e. The summed E-state index contributed by atoms with van der Waals surface area (Å²) in [4.78, 5) is 10.9. The fourth-order valence-electron chi connectivity index (χ4n) is 1.76. The summed E-state index contributed by atoms with van der Waals surface area (Å²) in [5.74, 6) is -0.133. The average Bonchev–Trinajstić information content (AvgIpc) is 2.79. The Kier molecular flexibility index (Phi) is 3.01. The number of hydrogen-bond donors (Lipinski definition) is 1. The molecule has 1 heterocycles. The number of ether oxygens (including phenoxy) is 3. The first-order chi connectivity index (χ1) is 8.62. The Balaban J connectivity index is 2.79. The van der Waals surface area contributed by atoms with Crippen molar-refractivity contribution >= 4 is 16.9 Å². The van der Waals surface area contributed by atoms with Crippen molar-refractivity contribution in [3.63, 3.8) is 0 Å². The summed E-state index contributed by atoms with van der Waals surface area (Å²) in [6.45, 7) is 0. The van der Waals surface area contributed by atoms with Gasteiger partial charge in [0.1, 0.15) is 5.58 Å². The summed E-state index contributed by atoms with van der Waals surface area (Å²) < 4.78 is 20.8. The van der Waals surface area contributed by atoms with Crippen LogP contribution in [0.5, 0.6) is 17.2 Å². The maximum Gasteiger partial charge on any atom is 0.371 e. The van der Waals surface area contributed by atoms with Crippen molar-refractivity contribution in [3.05, 3.63) is 17.9 Å². The van der Waals surface area contributed by atoms with Gasteiger partial charge in [-0.15, -0.1) is 0 Å². The monoisotopic (exact) mass is 252 g/mol. The summed E-state index contributed by atoms with van der Waals surface area (Å²) in [7, 11) is 4.42. The van der Waals surface area contributed by atoms with E-state index in [1.165, 1.54) is 27.4 Å². The molecule has 0 atom stereocenters. The maximum atomic E-state index is 10.9. The number of carbonyl (C=O) groups is 1. The lowest BCUT2D eigenvalue weighted by Gasteiger charge is -2.11. The van der Waals surface area contributed by atoms with Crippen molar-refractivity contribution in [2.24, 2.45) is 0 Å². The lowest BCUT2D eigenvalue weighted by molar-refractivity contribution is 0.0665. The van der Waals surface area contributed by atoms with E-state index in [4.69, 9.17) is 23.7 Å². The highest BCUT2D eigenvalue weighted by atomic mass is 16.5. The third-order valence-electron chi connectivity index (χ3n) is 2.54. The van der Waals surface area contributed by atoms with Gasteiger partial charge in [0, 0.05) is 12.1 Å². The molecule has 0 saturated heterocycles.